The van der Waals surface area contributed by atoms with Crippen molar-refractivity contribution in [1.82, 2.24) is 15.0 Å². The molecule has 1 aliphatic rings. The minimum Gasteiger partial charge on any atom is -0.469 e. The molecule has 1 aliphatic carbocycles. The number of methoxy groups -OCH3 is 1. The average Bonchev–Trinajstić information content (AvgIpc) is 2.77. The van der Waals surface area contributed by atoms with Gasteiger partial charge in [-0.3, -0.25) is 4.79 Å². The molecule has 0 bridgehead atoms. The number of halogens is 2. The number of hydrogen-bond acceptors (Lipinski definition) is 7. The molecular weight excluding hydrogens is 409 g/mol. The first kappa shape index (κ1) is 20.3. The summed E-state index contributed by atoms with van der Waals surface area (Å²) in [5, 5.41) is 7.41. The zero-order valence-corrected chi connectivity index (χ0v) is 17.1. The van der Waals surface area contributed by atoms with Crippen LogP contribution in [0.25, 0.3) is 10.9 Å². The quantitative estimate of drug-likeness (QED) is 0.568. The third-order valence-corrected chi connectivity index (χ3v) is 5.61. The molecular formula is C21H21ClFN5O2. The van der Waals surface area contributed by atoms with Gasteiger partial charge in [0, 0.05) is 17.1 Å². The second-order valence-corrected chi connectivity index (χ2v) is 7.69. The van der Waals surface area contributed by atoms with E-state index in [0.29, 0.717) is 22.8 Å². The number of carbonyl (C=O) groups is 1. The first-order valence-electron chi connectivity index (χ1n) is 9.70. The van der Waals surface area contributed by atoms with Gasteiger partial charge < -0.3 is 15.4 Å². The number of esters is 1. The molecule has 0 aliphatic heterocycles. The molecule has 0 unspecified atom stereocenters. The van der Waals surface area contributed by atoms with E-state index >= 15 is 0 Å². The average molecular weight is 430 g/mol. The number of benzene rings is 1. The minimum atomic E-state index is -0.479. The number of rotatable bonds is 5. The van der Waals surface area contributed by atoms with Crippen LogP contribution in [0.3, 0.4) is 0 Å². The third-order valence-electron chi connectivity index (χ3n) is 5.32. The summed E-state index contributed by atoms with van der Waals surface area (Å²) in [5.41, 5.74) is 1.30. The van der Waals surface area contributed by atoms with E-state index in [2.05, 4.69) is 25.6 Å². The molecule has 0 saturated heterocycles. The lowest BCUT2D eigenvalue weighted by Crippen LogP contribution is -2.30. The SMILES string of the molecule is COC(=O)[C@H]1CC[C@H](Nc2cc3c(Nc4ccc(F)c(Cl)c4)ncnc3cn2)CC1. The van der Waals surface area contributed by atoms with Crippen LogP contribution in [-0.4, -0.2) is 34.1 Å². The molecule has 1 fully saturated rings. The van der Waals surface area contributed by atoms with E-state index in [9.17, 15) is 9.18 Å². The zero-order chi connectivity index (χ0) is 21.1. The van der Waals surface area contributed by atoms with Crippen molar-refractivity contribution < 1.29 is 13.9 Å². The summed E-state index contributed by atoms with van der Waals surface area (Å²) in [7, 11) is 1.43. The predicted octanol–water partition coefficient (Wildman–Crippen LogP) is 4.70. The van der Waals surface area contributed by atoms with Gasteiger partial charge >= 0.3 is 5.97 Å². The van der Waals surface area contributed by atoms with Crippen molar-refractivity contribution in [3.05, 3.63) is 47.6 Å². The number of ether oxygens (including phenoxy) is 1. The second-order valence-electron chi connectivity index (χ2n) is 7.28. The first-order chi connectivity index (χ1) is 14.5. The Morgan fingerprint density at radius 3 is 2.70 bits per heavy atom. The van der Waals surface area contributed by atoms with Gasteiger partial charge in [0.25, 0.3) is 0 Å². The summed E-state index contributed by atoms with van der Waals surface area (Å²) in [4.78, 5) is 24.7. The highest BCUT2D eigenvalue weighted by molar-refractivity contribution is 6.31. The number of pyridine rings is 1. The smallest absolute Gasteiger partial charge is 0.308 e. The van der Waals surface area contributed by atoms with Crippen molar-refractivity contribution in [3.63, 3.8) is 0 Å². The maximum absolute atomic E-state index is 13.4. The number of aromatic nitrogens is 3. The molecule has 0 amide bonds. The van der Waals surface area contributed by atoms with Crippen LogP contribution in [0.1, 0.15) is 25.7 Å². The van der Waals surface area contributed by atoms with Crippen LogP contribution in [0.5, 0.6) is 0 Å². The van der Waals surface area contributed by atoms with E-state index in [1.165, 1.54) is 25.6 Å². The predicted molar refractivity (Wildman–Crippen MR) is 113 cm³/mol. The number of hydrogen-bond donors (Lipinski definition) is 2. The molecule has 1 aromatic carbocycles. The van der Waals surface area contributed by atoms with Crippen molar-refractivity contribution in [1.29, 1.82) is 0 Å². The normalized spacial score (nSPS) is 18.8. The van der Waals surface area contributed by atoms with Gasteiger partial charge in [-0.15, -0.1) is 0 Å². The van der Waals surface area contributed by atoms with Crippen LogP contribution < -0.4 is 10.6 Å². The highest BCUT2D eigenvalue weighted by Gasteiger charge is 2.27. The Bertz CT molecular complexity index is 1070. The topological polar surface area (TPSA) is 89.0 Å². The van der Waals surface area contributed by atoms with Crippen LogP contribution >= 0.6 is 11.6 Å². The van der Waals surface area contributed by atoms with Crippen LogP contribution in [0.15, 0.2) is 36.8 Å². The molecule has 7 nitrogen and oxygen atoms in total. The van der Waals surface area contributed by atoms with Gasteiger partial charge in [0.1, 0.15) is 23.8 Å². The number of nitrogens with zero attached hydrogens (tertiary/aromatic N) is 3. The Hall–Kier alpha value is -3.00. The van der Waals surface area contributed by atoms with E-state index in [4.69, 9.17) is 16.3 Å². The van der Waals surface area contributed by atoms with Crippen molar-refractivity contribution in [2.45, 2.75) is 31.7 Å². The molecule has 0 radical (unpaired) electrons. The molecule has 0 spiro atoms. The summed E-state index contributed by atoms with van der Waals surface area (Å²) >= 11 is 5.87. The van der Waals surface area contributed by atoms with E-state index in [-0.39, 0.29) is 23.0 Å². The largest absolute Gasteiger partial charge is 0.469 e. The Labute approximate surface area is 178 Å². The molecule has 4 rings (SSSR count). The highest BCUT2D eigenvalue weighted by Crippen LogP contribution is 2.29. The number of carbonyl (C=O) groups excluding carboxylic acids is 1. The Kier molecular flexibility index (Phi) is 5.94. The molecule has 1 saturated carbocycles. The lowest BCUT2D eigenvalue weighted by atomic mass is 9.86. The van der Waals surface area contributed by atoms with Crippen LogP contribution in [0, 0.1) is 11.7 Å². The lowest BCUT2D eigenvalue weighted by molar-refractivity contribution is -0.146. The standard InChI is InChI=1S/C21H21ClFN5O2/c1-30-21(29)12-2-4-13(5-3-12)27-19-9-15-18(10-24-19)25-11-26-20(15)28-14-6-7-17(23)16(22)8-14/h6-13H,2-5H2,1H3,(H,24,27)(H,25,26,28)/t12-,13-. The Morgan fingerprint density at radius 1 is 1.17 bits per heavy atom. The fraction of sp³-hybridized carbons (Fsp3) is 0.333. The zero-order valence-electron chi connectivity index (χ0n) is 16.4. The van der Waals surface area contributed by atoms with E-state index < -0.39 is 5.82 Å². The van der Waals surface area contributed by atoms with Crippen LogP contribution in [0.4, 0.5) is 21.7 Å². The van der Waals surface area contributed by atoms with Crippen molar-refractivity contribution >= 4 is 45.8 Å². The Morgan fingerprint density at radius 2 is 1.97 bits per heavy atom. The first-order valence-corrected chi connectivity index (χ1v) is 10.1. The van der Waals surface area contributed by atoms with E-state index in [0.717, 1.165) is 31.1 Å². The van der Waals surface area contributed by atoms with Gasteiger partial charge in [-0.2, -0.15) is 0 Å². The van der Waals surface area contributed by atoms with Crippen molar-refractivity contribution in [3.8, 4) is 0 Å². The molecule has 3 aromatic rings. The summed E-state index contributed by atoms with van der Waals surface area (Å²) in [6.07, 6.45) is 6.44. The third kappa shape index (κ3) is 4.43. The maximum Gasteiger partial charge on any atom is 0.308 e. The van der Waals surface area contributed by atoms with Gasteiger partial charge in [0.2, 0.25) is 0 Å². The number of nitrogens with one attached hydrogen (secondary N) is 2. The maximum atomic E-state index is 13.4. The van der Waals surface area contributed by atoms with E-state index in [1.54, 1.807) is 12.3 Å². The summed E-state index contributed by atoms with van der Waals surface area (Å²) in [6.45, 7) is 0. The van der Waals surface area contributed by atoms with Gasteiger partial charge in [0.05, 0.1) is 29.8 Å². The molecule has 2 aromatic heterocycles. The molecule has 2 heterocycles. The molecule has 30 heavy (non-hydrogen) atoms. The van der Waals surface area contributed by atoms with Crippen molar-refractivity contribution in [2.75, 3.05) is 17.7 Å². The fourth-order valence-electron chi connectivity index (χ4n) is 3.70. The molecule has 156 valence electrons. The van der Waals surface area contributed by atoms with Gasteiger partial charge in [0.15, 0.2) is 0 Å². The van der Waals surface area contributed by atoms with Gasteiger partial charge in [-0.25, -0.2) is 19.3 Å². The number of fused-ring (bicyclic) bond motifs is 1. The molecule has 0 atom stereocenters. The monoisotopic (exact) mass is 429 g/mol. The lowest BCUT2D eigenvalue weighted by Gasteiger charge is -2.28. The van der Waals surface area contributed by atoms with Crippen LogP contribution in [-0.2, 0) is 9.53 Å². The molecule has 9 heteroatoms. The fourth-order valence-corrected chi connectivity index (χ4v) is 3.88. The molecule has 2 N–H and O–H groups in total. The minimum absolute atomic E-state index is 0.0238. The highest BCUT2D eigenvalue weighted by atomic mass is 35.5. The van der Waals surface area contributed by atoms with Gasteiger partial charge in [-0.1, -0.05) is 11.6 Å². The van der Waals surface area contributed by atoms with Crippen molar-refractivity contribution in [2.24, 2.45) is 5.92 Å². The summed E-state index contributed by atoms with van der Waals surface area (Å²) < 4.78 is 18.3. The van der Waals surface area contributed by atoms with Gasteiger partial charge in [-0.05, 0) is 49.9 Å². The second kappa shape index (κ2) is 8.79. The number of anilines is 3. The van der Waals surface area contributed by atoms with Crippen LogP contribution in [0.2, 0.25) is 5.02 Å². The summed E-state index contributed by atoms with van der Waals surface area (Å²) in [5.74, 6) is 0.643. The van der Waals surface area contributed by atoms with E-state index in [1.807, 2.05) is 6.07 Å². The summed E-state index contributed by atoms with van der Waals surface area (Å²) in [6, 6.07) is 6.51. The Balaban J connectivity index is 1.51.